The number of hydrogen-bond acceptors (Lipinski definition) is 4. The molecule has 0 amide bonds. The molecule has 90 valence electrons. The van der Waals surface area contributed by atoms with E-state index in [9.17, 15) is 0 Å². The maximum atomic E-state index is 5.73. The summed E-state index contributed by atoms with van der Waals surface area (Å²) in [7, 11) is 0. The first-order chi connectivity index (χ1) is 7.88. The van der Waals surface area contributed by atoms with Crippen molar-refractivity contribution in [3.8, 4) is 0 Å². The van der Waals surface area contributed by atoms with Crippen molar-refractivity contribution in [2.45, 2.75) is 32.8 Å². The van der Waals surface area contributed by atoms with E-state index in [-0.39, 0.29) is 0 Å². The minimum absolute atomic E-state index is 0.681. The number of thiazole rings is 1. The van der Waals surface area contributed by atoms with E-state index in [1.54, 1.807) is 11.3 Å². The van der Waals surface area contributed by atoms with E-state index < -0.39 is 0 Å². The van der Waals surface area contributed by atoms with Crippen LogP contribution < -0.4 is 5.32 Å². The van der Waals surface area contributed by atoms with Crippen molar-refractivity contribution in [3.63, 3.8) is 0 Å². The molecule has 0 saturated carbocycles. The summed E-state index contributed by atoms with van der Waals surface area (Å²) in [6.45, 7) is 6.00. The minimum atomic E-state index is 0.681. The largest absolute Gasteiger partial charge is 0.375 e. The van der Waals surface area contributed by atoms with Crippen LogP contribution in [0.25, 0.3) is 0 Å². The van der Waals surface area contributed by atoms with E-state index in [0.29, 0.717) is 6.61 Å². The second-order valence-electron chi connectivity index (χ2n) is 4.29. The first kappa shape index (κ1) is 12.0. The maximum Gasteiger partial charge on any atom is 0.0926 e. The van der Waals surface area contributed by atoms with E-state index in [4.69, 9.17) is 4.74 Å². The zero-order valence-corrected chi connectivity index (χ0v) is 10.7. The maximum absolute atomic E-state index is 5.73. The first-order valence-electron chi connectivity index (χ1n) is 6.10. The van der Waals surface area contributed by atoms with Crippen molar-refractivity contribution >= 4 is 11.3 Å². The Balaban J connectivity index is 1.66. The Morgan fingerprint density at radius 3 is 3.00 bits per heavy atom. The van der Waals surface area contributed by atoms with E-state index >= 15 is 0 Å². The summed E-state index contributed by atoms with van der Waals surface area (Å²) >= 11 is 1.73. The van der Waals surface area contributed by atoms with Crippen LogP contribution in [0.2, 0.25) is 0 Å². The lowest BCUT2D eigenvalue weighted by atomic mass is 9.99. The zero-order valence-electron chi connectivity index (χ0n) is 9.87. The van der Waals surface area contributed by atoms with Gasteiger partial charge < -0.3 is 10.1 Å². The molecular weight excluding hydrogens is 220 g/mol. The molecule has 0 spiro atoms. The number of aromatic nitrogens is 1. The van der Waals surface area contributed by atoms with Crippen LogP contribution in [0.1, 0.15) is 30.5 Å². The SMILES string of the molecule is CCc1nc(COCC2CCNCC2)cs1. The molecule has 1 fully saturated rings. The lowest BCUT2D eigenvalue weighted by molar-refractivity contribution is 0.0746. The predicted octanol–water partition coefficient (Wildman–Crippen LogP) is 2.22. The Kier molecular flexibility index (Phi) is 4.75. The number of hydrogen-bond donors (Lipinski definition) is 1. The van der Waals surface area contributed by atoms with Crippen LogP contribution in [0.5, 0.6) is 0 Å². The van der Waals surface area contributed by atoms with Gasteiger partial charge in [-0.15, -0.1) is 11.3 Å². The van der Waals surface area contributed by atoms with Gasteiger partial charge in [-0.1, -0.05) is 6.92 Å². The number of ether oxygens (including phenoxy) is 1. The zero-order chi connectivity index (χ0) is 11.2. The third kappa shape index (κ3) is 3.54. The summed E-state index contributed by atoms with van der Waals surface area (Å²) in [4.78, 5) is 4.49. The van der Waals surface area contributed by atoms with Crippen molar-refractivity contribution in [1.29, 1.82) is 0 Å². The van der Waals surface area contributed by atoms with Gasteiger partial charge in [0.2, 0.25) is 0 Å². The number of aryl methyl sites for hydroxylation is 1. The molecule has 1 aliphatic rings. The Hall–Kier alpha value is -0.450. The molecule has 0 unspecified atom stereocenters. The molecule has 0 aliphatic carbocycles. The summed E-state index contributed by atoms with van der Waals surface area (Å²) in [5, 5.41) is 6.69. The quantitative estimate of drug-likeness (QED) is 0.857. The second kappa shape index (κ2) is 6.33. The number of rotatable bonds is 5. The summed E-state index contributed by atoms with van der Waals surface area (Å²) in [5.41, 5.74) is 1.09. The van der Waals surface area contributed by atoms with Crippen LogP contribution >= 0.6 is 11.3 Å². The molecule has 3 nitrogen and oxygen atoms in total. The third-order valence-electron chi connectivity index (χ3n) is 2.96. The molecule has 1 aromatic rings. The molecule has 0 aromatic carbocycles. The van der Waals surface area contributed by atoms with Gasteiger partial charge in [-0.25, -0.2) is 4.98 Å². The summed E-state index contributed by atoms with van der Waals surface area (Å²) in [6.07, 6.45) is 3.52. The number of piperidine rings is 1. The van der Waals surface area contributed by atoms with E-state index in [1.807, 2.05) is 0 Å². The number of nitrogens with zero attached hydrogens (tertiary/aromatic N) is 1. The summed E-state index contributed by atoms with van der Waals surface area (Å²) < 4.78 is 5.73. The molecule has 16 heavy (non-hydrogen) atoms. The monoisotopic (exact) mass is 240 g/mol. The average Bonchev–Trinajstić information content (AvgIpc) is 2.78. The molecule has 2 rings (SSSR count). The van der Waals surface area contributed by atoms with E-state index in [2.05, 4.69) is 22.6 Å². The minimum Gasteiger partial charge on any atom is -0.375 e. The molecule has 0 radical (unpaired) electrons. The van der Waals surface area contributed by atoms with Gasteiger partial charge in [0.1, 0.15) is 0 Å². The van der Waals surface area contributed by atoms with Crippen LogP contribution in [-0.2, 0) is 17.8 Å². The Morgan fingerprint density at radius 1 is 1.50 bits per heavy atom. The lowest BCUT2D eigenvalue weighted by Gasteiger charge is -2.22. The highest BCUT2D eigenvalue weighted by molar-refractivity contribution is 7.09. The smallest absolute Gasteiger partial charge is 0.0926 e. The Morgan fingerprint density at radius 2 is 2.31 bits per heavy atom. The fourth-order valence-corrected chi connectivity index (χ4v) is 2.69. The van der Waals surface area contributed by atoms with Gasteiger partial charge in [0.25, 0.3) is 0 Å². The molecule has 1 aromatic heterocycles. The molecule has 4 heteroatoms. The van der Waals surface area contributed by atoms with Crippen molar-refractivity contribution in [1.82, 2.24) is 10.3 Å². The van der Waals surface area contributed by atoms with Gasteiger partial charge in [-0.3, -0.25) is 0 Å². The molecule has 1 aliphatic heterocycles. The highest BCUT2D eigenvalue weighted by atomic mass is 32.1. The fourth-order valence-electron chi connectivity index (χ4n) is 1.96. The second-order valence-corrected chi connectivity index (χ2v) is 5.24. The third-order valence-corrected chi connectivity index (χ3v) is 4.01. The van der Waals surface area contributed by atoms with E-state index in [0.717, 1.165) is 37.7 Å². The normalized spacial score (nSPS) is 17.8. The van der Waals surface area contributed by atoms with Crippen LogP contribution in [0, 0.1) is 5.92 Å². The number of nitrogens with one attached hydrogen (secondary N) is 1. The van der Waals surface area contributed by atoms with Gasteiger partial charge in [-0.2, -0.15) is 0 Å². The Bertz CT molecular complexity index is 308. The molecular formula is C12H20N2OS. The van der Waals surface area contributed by atoms with Gasteiger partial charge in [-0.05, 0) is 38.3 Å². The topological polar surface area (TPSA) is 34.1 Å². The molecule has 0 atom stereocenters. The van der Waals surface area contributed by atoms with Crippen LogP contribution in [-0.4, -0.2) is 24.7 Å². The molecule has 1 N–H and O–H groups in total. The van der Waals surface area contributed by atoms with Gasteiger partial charge in [0.15, 0.2) is 0 Å². The highest BCUT2D eigenvalue weighted by Gasteiger charge is 2.13. The van der Waals surface area contributed by atoms with E-state index in [1.165, 1.54) is 17.8 Å². The van der Waals surface area contributed by atoms with Gasteiger partial charge in [0, 0.05) is 5.38 Å². The highest BCUT2D eigenvalue weighted by Crippen LogP contribution is 2.14. The predicted molar refractivity (Wildman–Crippen MR) is 66.7 cm³/mol. The molecule has 2 heterocycles. The fraction of sp³-hybridized carbons (Fsp3) is 0.750. The lowest BCUT2D eigenvalue weighted by Crippen LogP contribution is -2.29. The van der Waals surface area contributed by atoms with Crippen molar-refractivity contribution in [2.75, 3.05) is 19.7 Å². The van der Waals surface area contributed by atoms with Crippen molar-refractivity contribution in [2.24, 2.45) is 5.92 Å². The van der Waals surface area contributed by atoms with Crippen LogP contribution in [0.3, 0.4) is 0 Å². The molecule has 1 saturated heterocycles. The van der Waals surface area contributed by atoms with Crippen LogP contribution in [0.4, 0.5) is 0 Å². The first-order valence-corrected chi connectivity index (χ1v) is 6.98. The summed E-state index contributed by atoms with van der Waals surface area (Å²) in [5.74, 6) is 0.741. The average molecular weight is 240 g/mol. The van der Waals surface area contributed by atoms with Gasteiger partial charge in [0.05, 0.1) is 23.9 Å². The molecule has 0 bridgehead atoms. The van der Waals surface area contributed by atoms with Crippen molar-refractivity contribution in [3.05, 3.63) is 16.1 Å². The van der Waals surface area contributed by atoms with Crippen molar-refractivity contribution < 1.29 is 4.74 Å². The van der Waals surface area contributed by atoms with Gasteiger partial charge >= 0.3 is 0 Å². The standard InChI is InChI=1S/C12H20N2OS/c1-2-12-14-11(9-16-12)8-15-7-10-3-5-13-6-4-10/h9-10,13H,2-8H2,1H3. The Labute approximate surface area is 101 Å². The van der Waals surface area contributed by atoms with Crippen LogP contribution in [0.15, 0.2) is 5.38 Å². The summed E-state index contributed by atoms with van der Waals surface area (Å²) in [6, 6.07) is 0.